The first-order valence-electron chi connectivity index (χ1n) is 12.2. The van der Waals surface area contributed by atoms with Gasteiger partial charge in [-0.2, -0.15) is 5.10 Å². The zero-order valence-electron chi connectivity index (χ0n) is 20.7. The third-order valence-electron chi connectivity index (χ3n) is 6.95. The van der Waals surface area contributed by atoms with E-state index >= 15 is 0 Å². The lowest BCUT2D eigenvalue weighted by Crippen LogP contribution is -2.31. The lowest BCUT2D eigenvalue weighted by Gasteiger charge is -2.34. The largest absolute Gasteiger partial charge is 0.280 e. The molecular formula is C30H25N5O2S. The molecule has 0 spiro atoms. The minimum Gasteiger partial charge on any atom is -0.280 e. The number of aromatic nitrogens is 4. The third kappa shape index (κ3) is 3.99. The highest BCUT2D eigenvalue weighted by atomic mass is 32.2. The Balaban J connectivity index is 1.51. The van der Waals surface area contributed by atoms with Gasteiger partial charge in [0.25, 0.3) is 10.0 Å². The Hall–Kier alpha value is -4.56. The number of aryl methyl sites for hydroxylation is 1. The number of allylic oxidation sites excluding steroid dienone is 1. The number of para-hydroxylation sites is 1. The fourth-order valence-electron chi connectivity index (χ4n) is 4.97. The van der Waals surface area contributed by atoms with Crippen molar-refractivity contribution >= 4 is 27.6 Å². The molecule has 38 heavy (non-hydrogen) atoms. The van der Waals surface area contributed by atoms with Crippen LogP contribution in [-0.4, -0.2) is 28.6 Å². The number of rotatable bonds is 6. The first-order valence-corrected chi connectivity index (χ1v) is 13.7. The van der Waals surface area contributed by atoms with Crippen LogP contribution in [0.5, 0.6) is 0 Å². The first kappa shape index (κ1) is 23.8. The summed E-state index contributed by atoms with van der Waals surface area (Å²) < 4.78 is 29.4. The van der Waals surface area contributed by atoms with Gasteiger partial charge in [-0.1, -0.05) is 60.2 Å². The molecule has 0 radical (unpaired) electrons. The number of anilines is 2. The van der Waals surface area contributed by atoms with Crippen molar-refractivity contribution in [2.75, 3.05) is 4.31 Å². The molecule has 8 heteroatoms. The van der Waals surface area contributed by atoms with Gasteiger partial charge in [0, 0.05) is 47.9 Å². The van der Waals surface area contributed by atoms with E-state index in [1.165, 1.54) is 4.31 Å². The van der Waals surface area contributed by atoms with E-state index in [2.05, 4.69) is 26.2 Å². The zero-order valence-corrected chi connectivity index (χ0v) is 21.5. The minimum atomic E-state index is -3.96. The predicted octanol–water partition coefficient (Wildman–Crippen LogP) is 5.59. The van der Waals surface area contributed by atoms with Crippen molar-refractivity contribution in [2.24, 2.45) is 0 Å². The molecule has 0 bridgehead atoms. The number of aromatic amines is 1. The number of hydrogen-bond donors (Lipinski definition) is 1. The van der Waals surface area contributed by atoms with E-state index in [1.54, 1.807) is 48.8 Å². The van der Waals surface area contributed by atoms with Gasteiger partial charge in [-0.15, -0.1) is 0 Å². The smallest absolute Gasteiger partial charge is 0.269 e. The Labute approximate surface area is 221 Å². The molecule has 5 aromatic rings. The van der Waals surface area contributed by atoms with Crippen LogP contribution in [0, 0.1) is 6.92 Å². The van der Waals surface area contributed by atoms with Crippen LogP contribution < -0.4 is 4.31 Å². The number of fused-ring (bicyclic) bond motifs is 1. The van der Waals surface area contributed by atoms with E-state index in [4.69, 9.17) is 0 Å². The second-order valence-electron chi connectivity index (χ2n) is 9.32. The van der Waals surface area contributed by atoms with Crippen LogP contribution in [0.4, 0.5) is 11.5 Å². The van der Waals surface area contributed by atoms with Crippen LogP contribution in [0.1, 0.15) is 27.9 Å². The van der Waals surface area contributed by atoms with E-state index < -0.39 is 15.4 Å². The van der Waals surface area contributed by atoms with Crippen molar-refractivity contribution < 1.29 is 8.42 Å². The number of benzene rings is 2. The monoisotopic (exact) mass is 519 g/mol. The molecule has 0 fully saturated rings. The van der Waals surface area contributed by atoms with Crippen LogP contribution in [0.3, 0.4) is 0 Å². The van der Waals surface area contributed by atoms with Crippen molar-refractivity contribution in [3.63, 3.8) is 0 Å². The lowest BCUT2D eigenvalue weighted by molar-refractivity contribution is 0.595. The van der Waals surface area contributed by atoms with Gasteiger partial charge in [0.15, 0.2) is 5.82 Å². The maximum atomic E-state index is 14.0. The van der Waals surface area contributed by atoms with Gasteiger partial charge < -0.3 is 0 Å². The third-order valence-corrected chi connectivity index (χ3v) is 8.68. The molecule has 3 aromatic heterocycles. The molecule has 6 rings (SSSR count). The standard InChI is InChI=1S/C30H25N5O2S/c1-22-11-13-26(14-12-22)38(36,37)35(25-9-3-2-4-10-25)29-27-15-16-30(19-28(27)33-34-29,23-7-5-17-31-20-23)24-8-6-18-32-21-24/h2-18,20-21H,19H2,1H3,(H,33,34). The number of nitrogens with zero attached hydrogens (tertiary/aromatic N) is 4. The highest BCUT2D eigenvalue weighted by Gasteiger charge is 2.39. The van der Waals surface area contributed by atoms with E-state index in [0.717, 1.165) is 27.9 Å². The zero-order chi connectivity index (χ0) is 26.2. The molecule has 1 aliphatic rings. The van der Waals surface area contributed by atoms with Crippen molar-refractivity contribution in [3.05, 3.63) is 138 Å². The van der Waals surface area contributed by atoms with E-state index in [0.29, 0.717) is 17.9 Å². The van der Waals surface area contributed by atoms with Crippen LogP contribution in [-0.2, 0) is 21.9 Å². The van der Waals surface area contributed by atoms with Crippen molar-refractivity contribution in [1.29, 1.82) is 0 Å². The maximum absolute atomic E-state index is 14.0. The summed E-state index contributed by atoms with van der Waals surface area (Å²) in [6.45, 7) is 1.93. The average Bonchev–Trinajstić information content (AvgIpc) is 3.37. The topological polar surface area (TPSA) is 91.8 Å². The maximum Gasteiger partial charge on any atom is 0.269 e. The number of sulfonamides is 1. The van der Waals surface area contributed by atoms with Gasteiger partial charge >= 0.3 is 0 Å². The lowest BCUT2D eigenvalue weighted by atomic mass is 9.69. The summed E-state index contributed by atoms with van der Waals surface area (Å²) >= 11 is 0. The highest BCUT2D eigenvalue weighted by molar-refractivity contribution is 7.93. The average molecular weight is 520 g/mol. The summed E-state index contributed by atoms with van der Waals surface area (Å²) in [5.74, 6) is 0.328. The molecule has 2 aromatic carbocycles. The van der Waals surface area contributed by atoms with Gasteiger partial charge in [0.1, 0.15) is 0 Å². The number of pyridine rings is 2. The Morgan fingerprint density at radius 3 is 2.11 bits per heavy atom. The molecule has 1 aliphatic carbocycles. The van der Waals surface area contributed by atoms with Crippen LogP contribution >= 0.6 is 0 Å². The molecule has 0 saturated heterocycles. The molecule has 188 valence electrons. The second kappa shape index (κ2) is 9.39. The fraction of sp³-hybridized carbons (Fsp3) is 0.100. The minimum absolute atomic E-state index is 0.198. The Morgan fingerprint density at radius 2 is 1.50 bits per heavy atom. The van der Waals surface area contributed by atoms with Gasteiger partial charge in [0.05, 0.1) is 10.6 Å². The predicted molar refractivity (Wildman–Crippen MR) is 148 cm³/mol. The Bertz CT molecular complexity index is 1660. The van der Waals surface area contributed by atoms with Gasteiger partial charge in [-0.3, -0.25) is 15.1 Å². The van der Waals surface area contributed by atoms with E-state index in [9.17, 15) is 8.42 Å². The van der Waals surface area contributed by atoms with Crippen LogP contribution in [0.15, 0.2) is 115 Å². The Morgan fingerprint density at radius 1 is 0.842 bits per heavy atom. The Kier molecular flexibility index (Phi) is 5.88. The second-order valence-corrected chi connectivity index (χ2v) is 11.1. The summed E-state index contributed by atoms with van der Waals surface area (Å²) in [4.78, 5) is 8.93. The molecule has 0 aliphatic heterocycles. The summed E-state index contributed by atoms with van der Waals surface area (Å²) in [6.07, 6.45) is 11.8. The summed E-state index contributed by atoms with van der Waals surface area (Å²) in [5.41, 5.74) is 4.54. The van der Waals surface area contributed by atoms with E-state index in [-0.39, 0.29) is 4.90 Å². The fourth-order valence-corrected chi connectivity index (χ4v) is 6.43. The van der Waals surface area contributed by atoms with Gasteiger partial charge in [-0.25, -0.2) is 12.7 Å². The van der Waals surface area contributed by atoms with Crippen LogP contribution in [0.2, 0.25) is 0 Å². The molecule has 0 saturated carbocycles. The summed E-state index contributed by atoms with van der Waals surface area (Å²) in [6, 6.07) is 23.8. The molecule has 7 nitrogen and oxygen atoms in total. The van der Waals surface area contributed by atoms with Gasteiger partial charge in [0.2, 0.25) is 0 Å². The molecular weight excluding hydrogens is 494 g/mol. The van der Waals surface area contributed by atoms with Crippen molar-refractivity contribution in [2.45, 2.75) is 23.7 Å². The number of hydrogen-bond acceptors (Lipinski definition) is 5. The van der Waals surface area contributed by atoms with Gasteiger partial charge in [-0.05, 0) is 54.4 Å². The first-order chi connectivity index (χ1) is 18.5. The normalized spacial score (nSPS) is 14.1. The highest BCUT2D eigenvalue weighted by Crippen LogP contribution is 2.44. The number of nitrogens with one attached hydrogen (secondary N) is 1. The SMILES string of the molecule is Cc1ccc(S(=O)(=O)N(c2ccccc2)c2n[nH]c3c2C=CC(c2cccnc2)(c2cccnc2)C3)cc1. The quantitative estimate of drug-likeness (QED) is 0.316. The molecule has 0 atom stereocenters. The molecule has 0 unspecified atom stereocenters. The van der Waals surface area contributed by atoms with Crippen molar-refractivity contribution in [3.8, 4) is 0 Å². The molecule has 3 heterocycles. The summed E-state index contributed by atoms with van der Waals surface area (Å²) in [5, 5.41) is 7.73. The summed E-state index contributed by atoms with van der Waals surface area (Å²) in [7, 11) is -3.96. The van der Waals surface area contributed by atoms with Crippen LogP contribution in [0.25, 0.3) is 6.08 Å². The van der Waals surface area contributed by atoms with E-state index in [1.807, 2.05) is 67.9 Å². The van der Waals surface area contributed by atoms with Crippen molar-refractivity contribution in [1.82, 2.24) is 20.2 Å². The molecule has 1 N–H and O–H groups in total. The number of H-pyrrole nitrogens is 1. The molecule has 0 amide bonds.